The van der Waals surface area contributed by atoms with Crippen LogP contribution in [0.3, 0.4) is 0 Å². The molecular formula is C36H46HfN-3. The minimum Gasteiger partial charge on any atom is -0.358 e. The van der Waals surface area contributed by atoms with E-state index in [1.165, 1.54) is 22.3 Å². The molecule has 0 fully saturated rings. The maximum Gasteiger partial charge on any atom is 0.0294 e. The van der Waals surface area contributed by atoms with Crippen LogP contribution < -0.4 is 0 Å². The van der Waals surface area contributed by atoms with Gasteiger partial charge in [-0.25, -0.2) is 0 Å². The molecule has 38 heavy (non-hydrogen) atoms. The average molecular weight is 671 g/mol. The third-order valence-corrected chi connectivity index (χ3v) is 5.89. The summed E-state index contributed by atoms with van der Waals surface area (Å²) in [5, 5.41) is 0. The summed E-state index contributed by atoms with van der Waals surface area (Å²) in [7, 11) is 0. The second kappa shape index (κ2) is 20.5. The van der Waals surface area contributed by atoms with Gasteiger partial charge in [-0.15, -0.1) is 59.2 Å². The van der Waals surface area contributed by atoms with Crippen LogP contribution in [0, 0.1) is 19.9 Å². The van der Waals surface area contributed by atoms with Crippen LogP contribution in [0.2, 0.25) is 0 Å². The van der Waals surface area contributed by atoms with Crippen LogP contribution in [0.15, 0.2) is 91.0 Å². The topological polar surface area (TPSA) is 12.9 Å². The number of benzene rings is 3. The van der Waals surface area contributed by atoms with E-state index in [9.17, 15) is 0 Å². The van der Waals surface area contributed by atoms with Crippen LogP contribution in [0.25, 0.3) is 11.3 Å². The first-order valence-electron chi connectivity index (χ1n) is 13.7. The second-order valence-electron chi connectivity index (χ2n) is 8.27. The molecule has 0 saturated heterocycles. The summed E-state index contributed by atoms with van der Waals surface area (Å²) in [6.45, 7) is 12.5. The Morgan fingerprint density at radius 2 is 1.29 bits per heavy atom. The molecule has 0 saturated carbocycles. The van der Waals surface area contributed by atoms with Crippen molar-refractivity contribution in [2.24, 2.45) is 0 Å². The molecule has 0 amide bonds. The van der Waals surface area contributed by atoms with Gasteiger partial charge in [0.05, 0.1) is 0 Å². The van der Waals surface area contributed by atoms with Crippen molar-refractivity contribution in [3.8, 4) is 11.3 Å². The number of nitrogens with zero attached hydrogens (tertiary/aromatic N) is 1. The summed E-state index contributed by atoms with van der Waals surface area (Å²) in [5.74, 6) is 0.0912. The largest absolute Gasteiger partial charge is 0.358 e. The van der Waals surface area contributed by atoms with Crippen molar-refractivity contribution < 1.29 is 25.8 Å². The van der Waals surface area contributed by atoms with Gasteiger partial charge in [0.25, 0.3) is 0 Å². The molecule has 0 aliphatic heterocycles. The zero-order valence-electron chi connectivity index (χ0n) is 24.6. The molecule has 4 rings (SSSR count). The van der Waals surface area contributed by atoms with Crippen molar-refractivity contribution in [2.75, 3.05) is 0 Å². The van der Waals surface area contributed by atoms with E-state index >= 15 is 0 Å². The monoisotopic (exact) mass is 672 g/mol. The van der Waals surface area contributed by atoms with E-state index in [1.807, 2.05) is 45.9 Å². The van der Waals surface area contributed by atoms with Gasteiger partial charge in [0, 0.05) is 31.5 Å². The SMILES string of the molecule is CC.CC.CCCc1cccc(CCC)c1[CH-]C(c1ccccc1)c1cccc(-c2[c-]cccc2)n1.[CH3-].[Hf]. The Kier molecular flexibility index (Phi) is 19.2. The number of rotatable bonds is 9. The first-order chi connectivity index (χ1) is 17.8. The van der Waals surface area contributed by atoms with Crippen molar-refractivity contribution >= 4 is 0 Å². The molecule has 1 aromatic heterocycles. The molecule has 0 bridgehead atoms. The van der Waals surface area contributed by atoms with E-state index in [-0.39, 0.29) is 39.2 Å². The number of hydrogen-bond acceptors (Lipinski definition) is 1. The van der Waals surface area contributed by atoms with Gasteiger partial charge in [0.15, 0.2) is 0 Å². The molecular weight excluding hydrogens is 625 g/mol. The van der Waals surface area contributed by atoms with Crippen LogP contribution in [0.4, 0.5) is 0 Å². The Hall–Kier alpha value is -2.45. The molecule has 0 aliphatic carbocycles. The molecule has 3 aromatic carbocycles. The fourth-order valence-corrected chi connectivity index (χ4v) is 4.36. The molecule has 1 unspecified atom stereocenters. The summed E-state index contributed by atoms with van der Waals surface area (Å²) in [5.41, 5.74) is 8.59. The number of aromatic nitrogens is 1. The van der Waals surface area contributed by atoms with Gasteiger partial charge >= 0.3 is 0 Å². The van der Waals surface area contributed by atoms with E-state index in [2.05, 4.69) is 99.1 Å². The molecule has 0 spiro atoms. The Bertz CT molecular complexity index is 1100. The van der Waals surface area contributed by atoms with Crippen molar-refractivity contribution in [3.05, 3.63) is 139 Å². The first-order valence-corrected chi connectivity index (χ1v) is 13.7. The predicted octanol–water partition coefficient (Wildman–Crippen LogP) is 10.3. The Morgan fingerprint density at radius 1 is 0.711 bits per heavy atom. The Morgan fingerprint density at radius 3 is 1.84 bits per heavy atom. The van der Waals surface area contributed by atoms with Crippen molar-refractivity contribution in [1.82, 2.24) is 4.98 Å². The van der Waals surface area contributed by atoms with E-state index in [0.29, 0.717) is 0 Å². The third kappa shape index (κ3) is 10.0. The van der Waals surface area contributed by atoms with Crippen LogP contribution in [-0.4, -0.2) is 4.98 Å². The Balaban J connectivity index is 0.00000218. The van der Waals surface area contributed by atoms with Gasteiger partial charge < -0.3 is 12.4 Å². The molecule has 1 atom stereocenters. The van der Waals surface area contributed by atoms with Crippen LogP contribution in [0.5, 0.6) is 0 Å². The summed E-state index contributed by atoms with van der Waals surface area (Å²) < 4.78 is 0. The molecule has 2 heteroatoms. The maximum atomic E-state index is 5.10. The number of hydrogen-bond donors (Lipinski definition) is 0. The number of aryl methyl sites for hydroxylation is 2. The average Bonchev–Trinajstić information content (AvgIpc) is 2.96. The van der Waals surface area contributed by atoms with Crippen molar-refractivity contribution in [1.29, 1.82) is 0 Å². The summed E-state index contributed by atoms with van der Waals surface area (Å²) in [6, 6.07) is 35.3. The standard InChI is InChI=1S/C31H31N.2C2H6.CH3.Hf/c1-3-13-24-19-11-20-25(14-4-2)28(24)23-29(26-15-7-5-8-16-26)31-22-12-21-30(32-31)27-17-9-6-10-18-27;2*1-2;;/h5-12,15-17,19-23,29H,3-4,13-14H2,1-2H3;2*1-2H3;1H3;/q-2;;;-1;. The van der Waals surface area contributed by atoms with Gasteiger partial charge in [-0.3, -0.25) is 0 Å². The zero-order valence-corrected chi connectivity index (χ0v) is 28.2. The van der Waals surface area contributed by atoms with Crippen LogP contribution in [-0.2, 0) is 38.7 Å². The van der Waals surface area contributed by atoms with Gasteiger partial charge in [-0.2, -0.15) is 12.0 Å². The van der Waals surface area contributed by atoms with E-state index in [1.54, 1.807) is 0 Å². The van der Waals surface area contributed by atoms with Gasteiger partial charge in [0.1, 0.15) is 0 Å². The summed E-state index contributed by atoms with van der Waals surface area (Å²) in [6.07, 6.45) is 6.93. The summed E-state index contributed by atoms with van der Waals surface area (Å²) >= 11 is 0. The molecule has 1 heterocycles. The van der Waals surface area contributed by atoms with Crippen LogP contribution >= 0.6 is 0 Å². The molecule has 202 valence electrons. The summed E-state index contributed by atoms with van der Waals surface area (Å²) in [4.78, 5) is 5.10. The number of pyridine rings is 1. The van der Waals surface area contributed by atoms with Gasteiger partial charge in [-0.1, -0.05) is 116 Å². The smallest absolute Gasteiger partial charge is 0.0294 e. The van der Waals surface area contributed by atoms with Crippen molar-refractivity contribution in [2.45, 2.75) is 73.1 Å². The molecule has 0 N–H and O–H groups in total. The minimum absolute atomic E-state index is 0. The maximum absolute atomic E-state index is 5.10. The van der Waals surface area contributed by atoms with Gasteiger partial charge in [0.2, 0.25) is 0 Å². The first kappa shape index (κ1) is 35.6. The molecule has 0 aliphatic rings. The fourth-order valence-electron chi connectivity index (χ4n) is 4.36. The quantitative estimate of drug-likeness (QED) is 0.128. The second-order valence-corrected chi connectivity index (χ2v) is 8.27. The van der Waals surface area contributed by atoms with E-state index < -0.39 is 0 Å². The van der Waals surface area contributed by atoms with E-state index in [0.717, 1.165) is 42.6 Å². The normalized spacial score (nSPS) is 10.3. The predicted molar refractivity (Wildman–Crippen MR) is 164 cm³/mol. The molecule has 4 aromatic rings. The molecule has 1 nitrogen and oxygen atoms in total. The third-order valence-electron chi connectivity index (χ3n) is 5.89. The minimum atomic E-state index is 0. The molecule has 0 radical (unpaired) electrons. The fraction of sp³-hybridized carbons (Fsp3) is 0.306. The zero-order chi connectivity index (χ0) is 26.2. The van der Waals surface area contributed by atoms with Crippen molar-refractivity contribution in [3.63, 3.8) is 0 Å². The van der Waals surface area contributed by atoms with Gasteiger partial charge in [-0.05, 0) is 23.2 Å². The Labute approximate surface area is 252 Å². The van der Waals surface area contributed by atoms with Crippen LogP contribution in [0.1, 0.15) is 88.2 Å². The van der Waals surface area contributed by atoms with E-state index in [4.69, 9.17) is 4.98 Å².